The van der Waals surface area contributed by atoms with Crippen LogP contribution >= 0.6 is 0 Å². The first-order chi connectivity index (χ1) is 9.59. The minimum atomic E-state index is -0.0469. The van der Waals surface area contributed by atoms with Gasteiger partial charge in [-0.25, -0.2) is 9.78 Å². The topological polar surface area (TPSA) is 57.7 Å². The van der Waals surface area contributed by atoms with Crippen LogP contribution in [-0.4, -0.2) is 55.8 Å². The van der Waals surface area contributed by atoms with Gasteiger partial charge in [-0.2, -0.15) is 0 Å². The van der Waals surface area contributed by atoms with E-state index in [1.165, 1.54) is 0 Å². The second-order valence-corrected chi connectivity index (χ2v) is 5.16. The highest BCUT2D eigenvalue weighted by Gasteiger charge is 2.23. The molecule has 1 N–H and O–H groups in total. The number of hydrogen-bond donors (Lipinski definition) is 1. The van der Waals surface area contributed by atoms with Gasteiger partial charge < -0.3 is 19.9 Å². The second-order valence-electron chi connectivity index (χ2n) is 5.16. The smallest absolute Gasteiger partial charge is 0.318 e. The van der Waals surface area contributed by atoms with E-state index in [1.54, 1.807) is 6.20 Å². The average molecular weight is 278 g/mol. The SMILES string of the molecule is C[C@H]1COCCN1C(=O)NCc1cccnc1N(C)C. The van der Waals surface area contributed by atoms with Crippen LogP contribution in [0.5, 0.6) is 0 Å². The number of aromatic nitrogens is 1. The normalized spacial score (nSPS) is 18.8. The Hall–Kier alpha value is -1.82. The van der Waals surface area contributed by atoms with E-state index >= 15 is 0 Å². The Morgan fingerprint density at radius 1 is 1.60 bits per heavy atom. The highest BCUT2D eigenvalue weighted by molar-refractivity contribution is 5.74. The van der Waals surface area contributed by atoms with Crippen LogP contribution in [0.3, 0.4) is 0 Å². The van der Waals surface area contributed by atoms with Gasteiger partial charge in [-0.05, 0) is 13.0 Å². The number of nitrogens with zero attached hydrogens (tertiary/aromatic N) is 3. The van der Waals surface area contributed by atoms with Crippen LogP contribution in [0.25, 0.3) is 0 Å². The van der Waals surface area contributed by atoms with Gasteiger partial charge in [0.2, 0.25) is 0 Å². The summed E-state index contributed by atoms with van der Waals surface area (Å²) in [5.74, 6) is 0.878. The molecule has 110 valence electrons. The van der Waals surface area contributed by atoms with Crippen LogP contribution in [0.15, 0.2) is 18.3 Å². The molecular weight excluding hydrogens is 256 g/mol. The second kappa shape index (κ2) is 6.56. The highest BCUT2D eigenvalue weighted by atomic mass is 16.5. The zero-order valence-electron chi connectivity index (χ0n) is 12.3. The summed E-state index contributed by atoms with van der Waals surface area (Å²) in [5, 5.41) is 2.96. The summed E-state index contributed by atoms with van der Waals surface area (Å²) in [6.45, 7) is 4.32. The third kappa shape index (κ3) is 3.39. The van der Waals surface area contributed by atoms with Gasteiger partial charge in [0.1, 0.15) is 5.82 Å². The molecule has 0 aromatic carbocycles. The third-order valence-electron chi connectivity index (χ3n) is 3.35. The average Bonchev–Trinajstić information content (AvgIpc) is 2.45. The molecule has 1 aliphatic rings. The van der Waals surface area contributed by atoms with Crippen molar-refractivity contribution in [2.75, 3.05) is 38.8 Å². The molecule has 1 fully saturated rings. The van der Waals surface area contributed by atoms with Crippen LogP contribution in [0.4, 0.5) is 10.6 Å². The Labute approximate surface area is 119 Å². The van der Waals surface area contributed by atoms with E-state index in [9.17, 15) is 4.79 Å². The number of amides is 2. The molecule has 6 nitrogen and oxygen atoms in total. The number of morpholine rings is 1. The maximum absolute atomic E-state index is 12.2. The van der Waals surface area contributed by atoms with Crippen LogP contribution in [0.2, 0.25) is 0 Å². The van der Waals surface area contributed by atoms with Gasteiger partial charge in [-0.15, -0.1) is 0 Å². The summed E-state index contributed by atoms with van der Waals surface area (Å²) < 4.78 is 5.34. The lowest BCUT2D eigenvalue weighted by molar-refractivity contribution is 0.0190. The Morgan fingerprint density at radius 3 is 3.10 bits per heavy atom. The number of carbonyl (C=O) groups excluding carboxylic acids is 1. The molecule has 0 bridgehead atoms. The Bertz CT molecular complexity index is 464. The van der Waals surface area contributed by atoms with Gasteiger partial charge in [-0.1, -0.05) is 6.07 Å². The number of ether oxygens (including phenoxy) is 1. The summed E-state index contributed by atoms with van der Waals surface area (Å²) in [5.41, 5.74) is 1.01. The zero-order valence-corrected chi connectivity index (χ0v) is 12.3. The van der Waals surface area contributed by atoms with Crippen molar-refractivity contribution in [3.63, 3.8) is 0 Å². The standard InChI is InChI=1S/C14H22N4O2/c1-11-10-20-8-7-18(11)14(19)16-9-12-5-4-6-15-13(12)17(2)3/h4-6,11H,7-10H2,1-3H3,(H,16,19)/t11-/m0/s1. The van der Waals surface area contributed by atoms with E-state index in [1.807, 2.05) is 43.0 Å². The molecule has 0 aliphatic carbocycles. The molecule has 0 unspecified atom stereocenters. The summed E-state index contributed by atoms with van der Waals surface area (Å²) in [4.78, 5) is 20.3. The van der Waals surface area contributed by atoms with E-state index in [4.69, 9.17) is 4.74 Å². The molecule has 0 saturated carbocycles. The quantitative estimate of drug-likeness (QED) is 0.899. The van der Waals surface area contributed by atoms with Crippen LogP contribution in [0.1, 0.15) is 12.5 Å². The minimum Gasteiger partial charge on any atom is -0.377 e. The van der Waals surface area contributed by atoms with Crippen molar-refractivity contribution < 1.29 is 9.53 Å². The Balaban J connectivity index is 1.96. The maximum Gasteiger partial charge on any atom is 0.318 e. The number of hydrogen-bond acceptors (Lipinski definition) is 4. The summed E-state index contributed by atoms with van der Waals surface area (Å²) in [6.07, 6.45) is 1.75. The molecule has 1 aliphatic heterocycles. The van der Waals surface area contributed by atoms with Crippen molar-refractivity contribution in [3.8, 4) is 0 Å². The van der Waals surface area contributed by atoms with Gasteiger partial charge in [0.05, 0.1) is 19.3 Å². The number of nitrogens with one attached hydrogen (secondary N) is 1. The zero-order chi connectivity index (χ0) is 14.5. The molecule has 0 radical (unpaired) electrons. The van der Waals surface area contributed by atoms with Crippen molar-refractivity contribution in [2.45, 2.75) is 19.5 Å². The lowest BCUT2D eigenvalue weighted by Crippen LogP contribution is -2.51. The van der Waals surface area contributed by atoms with Gasteiger partial charge in [0, 0.05) is 38.9 Å². The highest BCUT2D eigenvalue weighted by Crippen LogP contribution is 2.14. The van der Waals surface area contributed by atoms with E-state index in [0.717, 1.165) is 11.4 Å². The first-order valence-electron chi connectivity index (χ1n) is 6.83. The van der Waals surface area contributed by atoms with Crippen molar-refractivity contribution in [3.05, 3.63) is 23.9 Å². The minimum absolute atomic E-state index is 0.0469. The Kier molecular flexibility index (Phi) is 4.79. The predicted molar refractivity (Wildman–Crippen MR) is 77.8 cm³/mol. The van der Waals surface area contributed by atoms with Gasteiger partial charge in [0.25, 0.3) is 0 Å². The molecule has 1 saturated heterocycles. The van der Waals surface area contributed by atoms with E-state index < -0.39 is 0 Å². The van der Waals surface area contributed by atoms with Gasteiger partial charge >= 0.3 is 6.03 Å². The molecule has 1 atom stereocenters. The molecule has 20 heavy (non-hydrogen) atoms. The molecule has 1 aromatic rings. The third-order valence-corrected chi connectivity index (χ3v) is 3.35. The number of urea groups is 1. The summed E-state index contributed by atoms with van der Waals surface area (Å²) in [7, 11) is 3.88. The van der Waals surface area contributed by atoms with E-state index in [2.05, 4.69) is 10.3 Å². The molecule has 2 rings (SSSR count). The first-order valence-corrected chi connectivity index (χ1v) is 6.83. The fraction of sp³-hybridized carbons (Fsp3) is 0.571. The van der Waals surface area contributed by atoms with Crippen molar-refractivity contribution in [2.24, 2.45) is 0 Å². The predicted octanol–water partition coefficient (Wildman–Crippen LogP) is 1.08. The molecule has 2 amide bonds. The molecule has 2 heterocycles. The van der Waals surface area contributed by atoms with Crippen molar-refractivity contribution in [1.29, 1.82) is 0 Å². The number of pyridine rings is 1. The number of anilines is 1. The summed E-state index contributed by atoms with van der Waals surface area (Å²) in [6, 6.07) is 3.93. The van der Waals surface area contributed by atoms with Gasteiger partial charge in [-0.3, -0.25) is 0 Å². The van der Waals surface area contributed by atoms with Crippen LogP contribution in [-0.2, 0) is 11.3 Å². The molecular formula is C14H22N4O2. The van der Waals surface area contributed by atoms with Gasteiger partial charge in [0.15, 0.2) is 0 Å². The molecule has 0 spiro atoms. The van der Waals surface area contributed by atoms with Crippen LogP contribution < -0.4 is 10.2 Å². The molecule has 1 aromatic heterocycles. The summed E-state index contributed by atoms with van der Waals surface area (Å²) >= 11 is 0. The van der Waals surface area contributed by atoms with Crippen molar-refractivity contribution >= 4 is 11.8 Å². The largest absolute Gasteiger partial charge is 0.377 e. The maximum atomic E-state index is 12.2. The number of rotatable bonds is 3. The lowest BCUT2D eigenvalue weighted by atomic mass is 10.2. The monoisotopic (exact) mass is 278 g/mol. The van der Waals surface area contributed by atoms with E-state index in [-0.39, 0.29) is 12.1 Å². The van der Waals surface area contributed by atoms with Crippen LogP contribution in [0, 0.1) is 0 Å². The lowest BCUT2D eigenvalue weighted by Gasteiger charge is -2.33. The van der Waals surface area contributed by atoms with E-state index in [0.29, 0.717) is 26.3 Å². The number of carbonyl (C=O) groups is 1. The first kappa shape index (κ1) is 14.6. The fourth-order valence-electron chi connectivity index (χ4n) is 2.27. The fourth-order valence-corrected chi connectivity index (χ4v) is 2.27. The Morgan fingerprint density at radius 2 is 2.40 bits per heavy atom. The van der Waals surface area contributed by atoms with Crippen molar-refractivity contribution in [1.82, 2.24) is 15.2 Å². The molecule has 6 heteroatoms.